The largest absolute Gasteiger partial charge is 0.398 e. The van der Waals surface area contributed by atoms with Crippen molar-refractivity contribution in [1.82, 2.24) is 4.98 Å². The molecule has 0 unspecified atom stereocenters. The maximum absolute atomic E-state index is 6.12. The second kappa shape index (κ2) is 4.37. The monoisotopic (exact) mass is 267 g/mol. The molecule has 1 heterocycles. The third-order valence-corrected chi connectivity index (χ3v) is 4.50. The van der Waals surface area contributed by atoms with Gasteiger partial charge in [-0.1, -0.05) is 0 Å². The van der Waals surface area contributed by atoms with Crippen LogP contribution in [0.4, 0.5) is 11.4 Å². The molecule has 4 rings (SSSR count). The Morgan fingerprint density at radius 3 is 2.70 bits per heavy atom. The summed E-state index contributed by atoms with van der Waals surface area (Å²) in [6.07, 6.45) is 7.39. The lowest BCUT2D eigenvalue weighted by Crippen LogP contribution is -2.28. The van der Waals surface area contributed by atoms with Crippen molar-refractivity contribution < 1.29 is 0 Å². The van der Waals surface area contributed by atoms with E-state index in [0.717, 1.165) is 28.7 Å². The first-order valence-electron chi connectivity index (χ1n) is 7.64. The fraction of sp³-hybridized carbons (Fsp3) is 0.471. The number of nitrogen functional groups attached to an aromatic ring is 1. The van der Waals surface area contributed by atoms with Crippen LogP contribution in [0.25, 0.3) is 10.8 Å². The Bertz CT molecular complexity index is 657. The lowest BCUT2D eigenvalue weighted by Gasteiger charge is -2.26. The number of nitrogens with zero attached hydrogens (tertiary/aromatic N) is 2. The molecule has 2 fully saturated rings. The van der Waals surface area contributed by atoms with Gasteiger partial charge < -0.3 is 10.6 Å². The minimum Gasteiger partial charge on any atom is -0.398 e. The molecule has 3 heteroatoms. The summed E-state index contributed by atoms with van der Waals surface area (Å²) < 4.78 is 0. The molecular formula is C17H21N3. The predicted molar refractivity (Wildman–Crippen MR) is 84.0 cm³/mol. The fourth-order valence-corrected chi connectivity index (χ4v) is 3.01. The molecule has 2 aliphatic carbocycles. The zero-order valence-electron chi connectivity index (χ0n) is 12.0. The molecule has 20 heavy (non-hydrogen) atoms. The fourth-order valence-electron chi connectivity index (χ4n) is 3.01. The van der Waals surface area contributed by atoms with Crippen molar-refractivity contribution >= 4 is 22.1 Å². The summed E-state index contributed by atoms with van der Waals surface area (Å²) in [7, 11) is 0. The van der Waals surface area contributed by atoms with E-state index in [9.17, 15) is 0 Å². The summed E-state index contributed by atoms with van der Waals surface area (Å²) in [6, 6.07) is 7.17. The molecule has 2 aliphatic rings. The highest BCUT2D eigenvalue weighted by atomic mass is 15.2. The standard InChI is InChI=1S/C17H21N3/c1-11-8-14-15(9-19-11)16(18)6-7-17(14)20(13-4-5-13)10-12-2-3-12/h6-9,12-13H,2-5,10,18H2,1H3. The van der Waals surface area contributed by atoms with Gasteiger partial charge in [-0.2, -0.15) is 0 Å². The van der Waals surface area contributed by atoms with Crippen molar-refractivity contribution in [2.45, 2.75) is 38.6 Å². The topological polar surface area (TPSA) is 42.1 Å². The van der Waals surface area contributed by atoms with Gasteiger partial charge in [0.25, 0.3) is 0 Å². The van der Waals surface area contributed by atoms with E-state index in [-0.39, 0.29) is 0 Å². The number of rotatable bonds is 4. The number of anilines is 2. The molecule has 0 bridgehead atoms. The molecule has 1 aromatic carbocycles. The molecule has 104 valence electrons. The Morgan fingerprint density at radius 1 is 1.20 bits per heavy atom. The number of nitrogens with two attached hydrogens (primary N) is 1. The van der Waals surface area contributed by atoms with Gasteiger partial charge in [-0.05, 0) is 56.7 Å². The van der Waals surface area contributed by atoms with Crippen LogP contribution in [0.1, 0.15) is 31.4 Å². The number of pyridine rings is 1. The highest BCUT2D eigenvalue weighted by molar-refractivity contribution is 6.01. The average Bonchev–Trinajstić information content (AvgIpc) is 3.30. The smallest absolute Gasteiger partial charge is 0.0451 e. The summed E-state index contributed by atoms with van der Waals surface area (Å²) in [5.41, 5.74) is 9.37. The Labute approximate surface area is 119 Å². The van der Waals surface area contributed by atoms with E-state index in [2.05, 4.69) is 28.9 Å². The summed E-state index contributed by atoms with van der Waals surface area (Å²) in [6.45, 7) is 3.26. The molecular weight excluding hydrogens is 246 g/mol. The highest BCUT2D eigenvalue weighted by Crippen LogP contribution is 2.41. The molecule has 3 nitrogen and oxygen atoms in total. The SMILES string of the molecule is Cc1cc2c(N(CC3CC3)C3CC3)ccc(N)c2cn1. The predicted octanol–water partition coefficient (Wildman–Crippen LogP) is 3.50. The van der Waals surface area contributed by atoms with Crippen LogP contribution in [0.2, 0.25) is 0 Å². The molecule has 0 radical (unpaired) electrons. The van der Waals surface area contributed by atoms with E-state index in [0.29, 0.717) is 0 Å². The molecule has 0 spiro atoms. The van der Waals surface area contributed by atoms with Crippen molar-refractivity contribution in [3.63, 3.8) is 0 Å². The van der Waals surface area contributed by atoms with Crippen molar-refractivity contribution in [3.05, 3.63) is 30.1 Å². The lowest BCUT2D eigenvalue weighted by molar-refractivity contribution is 0.721. The maximum Gasteiger partial charge on any atom is 0.0451 e. The van der Waals surface area contributed by atoms with Gasteiger partial charge in [-0.15, -0.1) is 0 Å². The molecule has 1 aromatic heterocycles. The molecule has 0 saturated heterocycles. The molecule has 0 amide bonds. The first-order chi connectivity index (χ1) is 9.72. The number of benzene rings is 1. The van der Waals surface area contributed by atoms with Crippen LogP contribution in [0.3, 0.4) is 0 Å². The van der Waals surface area contributed by atoms with Gasteiger partial charge in [0, 0.05) is 46.6 Å². The van der Waals surface area contributed by atoms with Crippen molar-refractivity contribution in [2.75, 3.05) is 17.2 Å². The molecule has 0 aliphatic heterocycles. The van der Waals surface area contributed by atoms with E-state index >= 15 is 0 Å². The van der Waals surface area contributed by atoms with Gasteiger partial charge in [0.15, 0.2) is 0 Å². The van der Waals surface area contributed by atoms with Crippen LogP contribution in [0.15, 0.2) is 24.4 Å². The van der Waals surface area contributed by atoms with Crippen molar-refractivity contribution in [1.29, 1.82) is 0 Å². The first kappa shape index (κ1) is 12.0. The Kier molecular flexibility index (Phi) is 2.62. The summed E-state index contributed by atoms with van der Waals surface area (Å²) >= 11 is 0. The third-order valence-electron chi connectivity index (χ3n) is 4.50. The van der Waals surface area contributed by atoms with Gasteiger partial charge in [-0.3, -0.25) is 4.98 Å². The Morgan fingerprint density at radius 2 is 2.00 bits per heavy atom. The zero-order valence-corrected chi connectivity index (χ0v) is 12.0. The van der Waals surface area contributed by atoms with Gasteiger partial charge in [-0.25, -0.2) is 0 Å². The zero-order chi connectivity index (χ0) is 13.7. The van der Waals surface area contributed by atoms with E-state index in [4.69, 9.17) is 5.73 Å². The van der Waals surface area contributed by atoms with Crippen LogP contribution in [0.5, 0.6) is 0 Å². The van der Waals surface area contributed by atoms with Crippen LogP contribution in [-0.4, -0.2) is 17.6 Å². The average molecular weight is 267 g/mol. The van der Waals surface area contributed by atoms with Crippen LogP contribution < -0.4 is 10.6 Å². The highest BCUT2D eigenvalue weighted by Gasteiger charge is 2.34. The number of hydrogen-bond acceptors (Lipinski definition) is 3. The summed E-state index contributed by atoms with van der Waals surface area (Å²) in [5.74, 6) is 0.908. The molecule has 2 aromatic rings. The Balaban J connectivity index is 1.84. The van der Waals surface area contributed by atoms with Crippen molar-refractivity contribution in [2.24, 2.45) is 5.92 Å². The normalized spacial score (nSPS) is 18.4. The summed E-state index contributed by atoms with van der Waals surface area (Å²) in [5, 5.41) is 2.36. The van der Waals surface area contributed by atoms with E-state index in [1.54, 1.807) is 0 Å². The van der Waals surface area contributed by atoms with Gasteiger partial charge >= 0.3 is 0 Å². The van der Waals surface area contributed by atoms with E-state index in [1.165, 1.54) is 43.3 Å². The summed E-state index contributed by atoms with van der Waals surface area (Å²) in [4.78, 5) is 7.03. The van der Waals surface area contributed by atoms with Crippen LogP contribution in [0, 0.1) is 12.8 Å². The minimum absolute atomic E-state index is 0.746. The first-order valence-corrected chi connectivity index (χ1v) is 7.64. The number of aryl methyl sites for hydroxylation is 1. The van der Waals surface area contributed by atoms with E-state index in [1.807, 2.05) is 12.3 Å². The molecule has 2 saturated carbocycles. The van der Waals surface area contributed by atoms with Crippen LogP contribution in [-0.2, 0) is 0 Å². The van der Waals surface area contributed by atoms with Gasteiger partial charge in [0.2, 0.25) is 0 Å². The number of fused-ring (bicyclic) bond motifs is 1. The maximum atomic E-state index is 6.12. The molecule has 0 atom stereocenters. The van der Waals surface area contributed by atoms with Crippen molar-refractivity contribution in [3.8, 4) is 0 Å². The quantitative estimate of drug-likeness (QED) is 0.862. The van der Waals surface area contributed by atoms with Crippen LogP contribution >= 0.6 is 0 Å². The van der Waals surface area contributed by atoms with Gasteiger partial charge in [0.05, 0.1) is 0 Å². The molecule has 2 N–H and O–H groups in total. The lowest BCUT2D eigenvalue weighted by atomic mass is 10.1. The van der Waals surface area contributed by atoms with Gasteiger partial charge in [0.1, 0.15) is 0 Å². The Hall–Kier alpha value is -1.77. The second-order valence-corrected chi connectivity index (χ2v) is 6.37. The minimum atomic E-state index is 0.746. The number of hydrogen-bond donors (Lipinski definition) is 1. The van der Waals surface area contributed by atoms with E-state index < -0.39 is 0 Å². The second-order valence-electron chi connectivity index (χ2n) is 6.37. The number of aromatic nitrogens is 1. The third kappa shape index (κ3) is 2.11.